The van der Waals surface area contributed by atoms with E-state index in [2.05, 4.69) is 4.74 Å². The van der Waals surface area contributed by atoms with Crippen LogP contribution in [0.25, 0.3) is 0 Å². The van der Waals surface area contributed by atoms with Crippen molar-refractivity contribution in [2.45, 2.75) is 12.8 Å². The van der Waals surface area contributed by atoms with Gasteiger partial charge in [0.25, 0.3) is 0 Å². The van der Waals surface area contributed by atoms with Crippen LogP contribution in [0, 0.1) is 0 Å². The monoisotopic (exact) mass is 223 g/mol. The fourth-order valence-corrected chi connectivity index (χ4v) is 1.24. The maximum absolute atomic E-state index is 11.1. The summed E-state index contributed by atoms with van der Waals surface area (Å²) in [6, 6.07) is 6.89. The number of carbonyl (C=O) groups excluding carboxylic acids is 1. The Balaban J connectivity index is 2.42. The molecular weight excluding hydrogens is 206 g/mol. The van der Waals surface area contributed by atoms with Crippen molar-refractivity contribution in [3.63, 3.8) is 0 Å². The summed E-state index contributed by atoms with van der Waals surface area (Å²) >= 11 is 0. The zero-order valence-electron chi connectivity index (χ0n) is 9.44. The van der Waals surface area contributed by atoms with Gasteiger partial charge in [0, 0.05) is 0 Å². The molecule has 4 nitrogen and oxygen atoms in total. The molecule has 1 rings (SSSR count). The van der Waals surface area contributed by atoms with Gasteiger partial charge in [0.2, 0.25) is 0 Å². The molecule has 0 unspecified atom stereocenters. The Morgan fingerprint density at radius 3 is 2.50 bits per heavy atom. The van der Waals surface area contributed by atoms with E-state index in [-0.39, 0.29) is 5.97 Å². The first-order chi connectivity index (χ1) is 7.77. The summed E-state index contributed by atoms with van der Waals surface area (Å²) in [5, 5.41) is 0. The van der Waals surface area contributed by atoms with Crippen LogP contribution in [0.3, 0.4) is 0 Å². The molecule has 0 aromatic heterocycles. The summed E-state index contributed by atoms with van der Waals surface area (Å²) in [6.45, 7) is 1.33. The lowest BCUT2D eigenvalue weighted by Crippen LogP contribution is -2.04. The number of hydrogen-bond donors (Lipinski definition) is 1. The van der Waals surface area contributed by atoms with Gasteiger partial charge >= 0.3 is 5.97 Å². The highest BCUT2D eigenvalue weighted by molar-refractivity contribution is 5.89. The minimum absolute atomic E-state index is 0.338. The maximum atomic E-state index is 11.1. The fourth-order valence-electron chi connectivity index (χ4n) is 1.24. The third-order valence-electron chi connectivity index (χ3n) is 2.14. The van der Waals surface area contributed by atoms with Gasteiger partial charge in [-0.2, -0.15) is 0 Å². The molecule has 16 heavy (non-hydrogen) atoms. The molecular formula is C12H17NO3. The predicted octanol–water partition coefficient (Wildman–Crippen LogP) is 1.59. The highest BCUT2D eigenvalue weighted by Crippen LogP contribution is 2.13. The number of hydrogen-bond acceptors (Lipinski definition) is 4. The Hall–Kier alpha value is -1.55. The molecule has 0 aliphatic rings. The van der Waals surface area contributed by atoms with Gasteiger partial charge in [-0.25, -0.2) is 4.79 Å². The average Bonchev–Trinajstić information content (AvgIpc) is 2.34. The van der Waals surface area contributed by atoms with Gasteiger partial charge in [0.05, 0.1) is 19.3 Å². The van der Waals surface area contributed by atoms with Crippen molar-refractivity contribution in [1.82, 2.24) is 0 Å². The van der Waals surface area contributed by atoms with Crippen molar-refractivity contribution < 1.29 is 14.3 Å². The minimum atomic E-state index is -0.338. The van der Waals surface area contributed by atoms with E-state index in [1.807, 2.05) is 0 Å². The summed E-state index contributed by atoms with van der Waals surface area (Å²) < 4.78 is 10.1. The first-order valence-corrected chi connectivity index (χ1v) is 5.29. The van der Waals surface area contributed by atoms with Crippen molar-refractivity contribution in [2.75, 3.05) is 20.3 Å². The van der Waals surface area contributed by atoms with E-state index in [9.17, 15) is 4.79 Å². The van der Waals surface area contributed by atoms with Gasteiger partial charge in [-0.1, -0.05) is 0 Å². The molecule has 0 heterocycles. The number of unbranched alkanes of at least 4 members (excludes halogenated alkanes) is 1. The SMILES string of the molecule is COC(=O)c1ccc(OCCCCN)cc1. The van der Waals surface area contributed by atoms with E-state index in [0.29, 0.717) is 18.7 Å². The van der Waals surface area contributed by atoms with E-state index in [0.717, 1.165) is 18.6 Å². The van der Waals surface area contributed by atoms with Crippen molar-refractivity contribution in [3.8, 4) is 5.75 Å². The van der Waals surface area contributed by atoms with E-state index >= 15 is 0 Å². The maximum Gasteiger partial charge on any atom is 0.337 e. The Bertz CT molecular complexity index is 322. The van der Waals surface area contributed by atoms with Crippen LogP contribution in [0.15, 0.2) is 24.3 Å². The Kier molecular flexibility index (Phi) is 5.36. The summed E-state index contributed by atoms with van der Waals surface area (Å²) in [7, 11) is 1.36. The zero-order valence-corrected chi connectivity index (χ0v) is 9.44. The lowest BCUT2D eigenvalue weighted by atomic mass is 10.2. The molecule has 4 heteroatoms. The fraction of sp³-hybridized carbons (Fsp3) is 0.417. The van der Waals surface area contributed by atoms with Gasteiger partial charge in [0.1, 0.15) is 5.75 Å². The Morgan fingerprint density at radius 2 is 1.94 bits per heavy atom. The highest BCUT2D eigenvalue weighted by Gasteiger charge is 2.04. The second-order valence-electron chi connectivity index (χ2n) is 3.36. The third-order valence-corrected chi connectivity index (χ3v) is 2.14. The molecule has 1 aromatic rings. The Morgan fingerprint density at radius 1 is 1.25 bits per heavy atom. The zero-order chi connectivity index (χ0) is 11.8. The highest BCUT2D eigenvalue weighted by atomic mass is 16.5. The molecule has 0 aliphatic heterocycles. The molecule has 88 valence electrons. The lowest BCUT2D eigenvalue weighted by molar-refractivity contribution is 0.0600. The molecule has 0 atom stereocenters. The normalized spacial score (nSPS) is 9.88. The van der Waals surface area contributed by atoms with Crippen molar-refractivity contribution >= 4 is 5.97 Å². The lowest BCUT2D eigenvalue weighted by Gasteiger charge is -2.06. The van der Waals surface area contributed by atoms with Crippen molar-refractivity contribution in [1.29, 1.82) is 0 Å². The van der Waals surface area contributed by atoms with E-state index in [1.165, 1.54) is 7.11 Å². The van der Waals surface area contributed by atoms with Gasteiger partial charge < -0.3 is 15.2 Å². The molecule has 0 fully saturated rings. The molecule has 1 aromatic carbocycles. The van der Waals surface area contributed by atoms with Crippen LogP contribution in [-0.2, 0) is 4.74 Å². The number of nitrogens with two attached hydrogens (primary N) is 1. The molecule has 0 bridgehead atoms. The van der Waals surface area contributed by atoms with Crippen LogP contribution in [0.4, 0.5) is 0 Å². The summed E-state index contributed by atoms with van der Waals surface area (Å²) in [4.78, 5) is 11.1. The largest absolute Gasteiger partial charge is 0.494 e. The van der Waals surface area contributed by atoms with Crippen LogP contribution < -0.4 is 10.5 Å². The molecule has 0 saturated carbocycles. The van der Waals surface area contributed by atoms with Gasteiger partial charge in [0.15, 0.2) is 0 Å². The van der Waals surface area contributed by atoms with E-state index < -0.39 is 0 Å². The second kappa shape index (κ2) is 6.85. The smallest absolute Gasteiger partial charge is 0.337 e. The number of methoxy groups -OCH3 is 1. The van der Waals surface area contributed by atoms with Crippen LogP contribution >= 0.6 is 0 Å². The first kappa shape index (κ1) is 12.5. The number of carbonyl (C=O) groups is 1. The van der Waals surface area contributed by atoms with Crippen LogP contribution in [-0.4, -0.2) is 26.2 Å². The topological polar surface area (TPSA) is 61.5 Å². The van der Waals surface area contributed by atoms with Crippen molar-refractivity contribution in [2.24, 2.45) is 5.73 Å². The average molecular weight is 223 g/mol. The number of benzene rings is 1. The summed E-state index contributed by atoms with van der Waals surface area (Å²) in [6.07, 6.45) is 1.90. The number of esters is 1. The van der Waals surface area contributed by atoms with Crippen molar-refractivity contribution in [3.05, 3.63) is 29.8 Å². The number of rotatable bonds is 6. The predicted molar refractivity (Wildman–Crippen MR) is 61.6 cm³/mol. The van der Waals surface area contributed by atoms with E-state index in [4.69, 9.17) is 10.5 Å². The summed E-state index contributed by atoms with van der Waals surface area (Å²) in [5.41, 5.74) is 5.89. The van der Waals surface area contributed by atoms with E-state index in [1.54, 1.807) is 24.3 Å². The van der Waals surface area contributed by atoms with Crippen LogP contribution in [0.2, 0.25) is 0 Å². The first-order valence-electron chi connectivity index (χ1n) is 5.29. The number of ether oxygens (including phenoxy) is 2. The van der Waals surface area contributed by atoms with Crippen LogP contribution in [0.1, 0.15) is 23.2 Å². The molecule has 0 spiro atoms. The minimum Gasteiger partial charge on any atom is -0.494 e. The molecule has 2 N–H and O–H groups in total. The van der Waals surface area contributed by atoms with Crippen LogP contribution in [0.5, 0.6) is 5.75 Å². The summed E-state index contributed by atoms with van der Waals surface area (Å²) in [5.74, 6) is 0.416. The standard InChI is InChI=1S/C12H17NO3/c1-15-12(14)10-4-6-11(7-5-10)16-9-3-2-8-13/h4-7H,2-3,8-9,13H2,1H3. The third kappa shape index (κ3) is 3.90. The second-order valence-corrected chi connectivity index (χ2v) is 3.36. The van der Waals surface area contributed by atoms with Gasteiger partial charge in [-0.15, -0.1) is 0 Å². The molecule has 0 aliphatic carbocycles. The molecule has 0 radical (unpaired) electrons. The molecule has 0 amide bonds. The molecule has 0 saturated heterocycles. The van der Waals surface area contributed by atoms with Gasteiger partial charge in [-0.05, 0) is 43.7 Å². The Labute approximate surface area is 95.3 Å². The van der Waals surface area contributed by atoms with Gasteiger partial charge in [-0.3, -0.25) is 0 Å². The quantitative estimate of drug-likeness (QED) is 0.587.